The predicted molar refractivity (Wildman–Crippen MR) is 94.3 cm³/mol. The third-order valence-electron chi connectivity index (χ3n) is 4.54. The summed E-state index contributed by atoms with van der Waals surface area (Å²) >= 11 is 0. The molecule has 1 aliphatic heterocycles. The van der Waals surface area contributed by atoms with Crippen LogP contribution < -0.4 is 10.9 Å². The number of ether oxygens (including phenoxy) is 1. The first kappa shape index (κ1) is 20.8. The van der Waals surface area contributed by atoms with Crippen molar-refractivity contribution in [1.29, 1.82) is 0 Å². The van der Waals surface area contributed by atoms with Gasteiger partial charge in [0.1, 0.15) is 12.1 Å². The Morgan fingerprint density at radius 2 is 2.17 bits per heavy atom. The van der Waals surface area contributed by atoms with Crippen LogP contribution in [0.15, 0.2) is 17.1 Å². The molecule has 1 atom stereocenters. The Labute approximate surface area is 162 Å². The molecular formula is C17H20F3N5O4. The maximum Gasteiger partial charge on any atom is 0.405 e. The number of nitrogens with zero attached hydrogens (tertiary/aromatic N) is 3. The highest BCUT2D eigenvalue weighted by Gasteiger charge is 2.34. The van der Waals surface area contributed by atoms with Gasteiger partial charge >= 0.3 is 12.1 Å². The number of hydrogen-bond donors (Lipinski definition) is 2. The number of hydrogen-bond acceptors (Lipinski definition) is 6. The zero-order valence-electron chi connectivity index (χ0n) is 15.6. The van der Waals surface area contributed by atoms with Gasteiger partial charge in [0.25, 0.3) is 5.56 Å². The Morgan fingerprint density at radius 1 is 1.41 bits per heavy atom. The van der Waals surface area contributed by atoms with Crippen LogP contribution in [0.25, 0.3) is 5.65 Å². The average Bonchev–Trinajstić information content (AvgIpc) is 3.26. The van der Waals surface area contributed by atoms with Crippen LogP contribution in [-0.2, 0) is 16.1 Å². The number of carbonyl (C=O) groups is 2. The number of halogens is 3. The molecular weight excluding hydrogens is 395 g/mol. The Kier molecular flexibility index (Phi) is 5.91. The van der Waals surface area contributed by atoms with Crippen LogP contribution in [0.5, 0.6) is 0 Å². The Balaban J connectivity index is 1.80. The SMILES string of the molecule is CCOC(=O)c1c[nH]n2c(=O)cc(CN3CCCC3C(=O)NCC(F)(F)F)nc12. The lowest BCUT2D eigenvalue weighted by atomic mass is 10.2. The van der Waals surface area contributed by atoms with E-state index in [4.69, 9.17) is 4.74 Å². The highest BCUT2D eigenvalue weighted by Crippen LogP contribution is 2.21. The monoisotopic (exact) mass is 415 g/mol. The summed E-state index contributed by atoms with van der Waals surface area (Å²) in [6.07, 6.45) is -2.14. The van der Waals surface area contributed by atoms with Crippen LogP contribution >= 0.6 is 0 Å². The molecule has 3 rings (SSSR count). The van der Waals surface area contributed by atoms with E-state index in [1.807, 2.05) is 5.32 Å². The number of amides is 1. The summed E-state index contributed by atoms with van der Waals surface area (Å²) in [6.45, 7) is 0.970. The third-order valence-corrected chi connectivity index (χ3v) is 4.54. The van der Waals surface area contributed by atoms with E-state index < -0.39 is 36.2 Å². The molecule has 1 unspecified atom stereocenters. The van der Waals surface area contributed by atoms with E-state index in [9.17, 15) is 27.6 Å². The van der Waals surface area contributed by atoms with Crippen LogP contribution in [0.2, 0.25) is 0 Å². The first-order valence-corrected chi connectivity index (χ1v) is 9.05. The molecule has 0 radical (unpaired) electrons. The molecule has 2 aromatic heterocycles. The van der Waals surface area contributed by atoms with Crippen molar-refractivity contribution in [2.24, 2.45) is 0 Å². The summed E-state index contributed by atoms with van der Waals surface area (Å²) in [7, 11) is 0. The quantitative estimate of drug-likeness (QED) is 0.677. The second-order valence-electron chi connectivity index (χ2n) is 6.61. The van der Waals surface area contributed by atoms with Gasteiger partial charge in [-0.15, -0.1) is 0 Å². The number of likely N-dealkylation sites (tertiary alicyclic amines) is 1. The van der Waals surface area contributed by atoms with Crippen LogP contribution in [0.3, 0.4) is 0 Å². The van der Waals surface area contributed by atoms with Gasteiger partial charge in [0, 0.05) is 18.8 Å². The molecule has 1 amide bonds. The van der Waals surface area contributed by atoms with Gasteiger partial charge in [-0.25, -0.2) is 14.3 Å². The molecule has 1 saturated heterocycles. The fraction of sp³-hybridized carbons (Fsp3) is 0.529. The summed E-state index contributed by atoms with van der Waals surface area (Å²) < 4.78 is 43.1. The fourth-order valence-electron chi connectivity index (χ4n) is 3.29. The largest absolute Gasteiger partial charge is 0.462 e. The van der Waals surface area contributed by atoms with Crippen LogP contribution in [0.1, 0.15) is 35.8 Å². The number of fused-ring (bicyclic) bond motifs is 1. The number of H-pyrrole nitrogens is 1. The van der Waals surface area contributed by atoms with Crippen molar-refractivity contribution < 1.29 is 27.5 Å². The van der Waals surface area contributed by atoms with Gasteiger partial charge in [-0.2, -0.15) is 13.2 Å². The third kappa shape index (κ3) is 4.75. The minimum Gasteiger partial charge on any atom is -0.462 e. The van der Waals surface area contributed by atoms with Gasteiger partial charge in [0.2, 0.25) is 5.91 Å². The van der Waals surface area contributed by atoms with E-state index in [-0.39, 0.29) is 24.4 Å². The normalized spacial score (nSPS) is 17.6. The first-order chi connectivity index (χ1) is 13.7. The standard InChI is InChI=1S/C17H20F3N5O4/c1-2-29-16(28)11-7-22-25-13(26)6-10(23-14(11)25)8-24-5-3-4-12(24)15(27)21-9-17(18,19)20/h6-7,12,22H,2-5,8-9H2,1H3,(H,21,27). The smallest absolute Gasteiger partial charge is 0.405 e. The molecule has 0 spiro atoms. The van der Waals surface area contributed by atoms with Gasteiger partial charge in [0.05, 0.1) is 18.3 Å². The molecule has 0 aromatic carbocycles. The number of nitrogens with one attached hydrogen (secondary N) is 2. The van der Waals surface area contributed by atoms with E-state index in [0.717, 1.165) is 4.52 Å². The summed E-state index contributed by atoms with van der Waals surface area (Å²) in [6, 6.07) is 0.509. The topological polar surface area (TPSA) is 109 Å². The lowest BCUT2D eigenvalue weighted by Crippen LogP contribution is -2.45. The lowest BCUT2D eigenvalue weighted by molar-refractivity contribution is -0.141. The van der Waals surface area contributed by atoms with Crippen molar-refractivity contribution in [2.45, 2.75) is 38.5 Å². The van der Waals surface area contributed by atoms with Gasteiger partial charge in [-0.1, -0.05) is 0 Å². The molecule has 3 heterocycles. The zero-order chi connectivity index (χ0) is 21.2. The van der Waals surface area contributed by atoms with Gasteiger partial charge in [-0.05, 0) is 26.3 Å². The van der Waals surface area contributed by atoms with Gasteiger partial charge in [0.15, 0.2) is 5.65 Å². The maximum atomic E-state index is 12.4. The summed E-state index contributed by atoms with van der Waals surface area (Å²) in [5.74, 6) is -1.35. The number of esters is 1. The molecule has 0 bridgehead atoms. The minimum absolute atomic E-state index is 0.0863. The molecule has 9 nitrogen and oxygen atoms in total. The zero-order valence-corrected chi connectivity index (χ0v) is 15.6. The van der Waals surface area contributed by atoms with E-state index in [1.165, 1.54) is 12.3 Å². The van der Waals surface area contributed by atoms with E-state index in [2.05, 4.69) is 10.1 Å². The van der Waals surface area contributed by atoms with Crippen LogP contribution in [-0.4, -0.2) is 63.3 Å². The van der Waals surface area contributed by atoms with Crippen molar-refractivity contribution in [3.63, 3.8) is 0 Å². The Hall–Kier alpha value is -2.89. The molecule has 0 saturated carbocycles. The average molecular weight is 415 g/mol. The maximum absolute atomic E-state index is 12.4. The molecule has 29 heavy (non-hydrogen) atoms. The highest BCUT2D eigenvalue weighted by atomic mass is 19.4. The number of rotatable bonds is 6. The predicted octanol–water partition coefficient (Wildman–Crippen LogP) is 0.842. The molecule has 0 aliphatic carbocycles. The van der Waals surface area contributed by atoms with Crippen LogP contribution in [0.4, 0.5) is 13.2 Å². The van der Waals surface area contributed by atoms with E-state index in [0.29, 0.717) is 25.1 Å². The molecule has 2 aromatic rings. The summed E-state index contributed by atoms with van der Waals surface area (Å²) in [5, 5.41) is 4.53. The van der Waals surface area contributed by atoms with Crippen LogP contribution in [0, 0.1) is 0 Å². The Bertz CT molecular complexity index is 968. The van der Waals surface area contributed by atoms with Crippen molar-refractivity contribution >= 4 is 17.5 Å². The highest BCUT2D eigenvalue weighted by molar-refractivity contribution is 5.95. The lowest BCUT2D eigenvalue weighted by Gasteiger charge is -2.23. The number of aromatic amines is 1. The minimum atomic E-state index is -4.49. The summed E-state index contributed by atoms with van der Waals surface area (Å²) in [4.78, 5) is 42.5. The van der Waals surface area contributed by atoms with E-state index in [1.54, 1.807) is 11.8 Å². The molecule has 12 heteroatoms. The number of aromatic nitrogens is 3. The number of carbonyl (C=O) groups excluding carboxylic acids is 2. The van der Waals surface area contributed by atoms with Crippen molar-refractivity contribution in [3.8, 4) is 0 Å². The van der Waals surface area contributed by atoms with Crippen molar-refractivity contribution in [2.75, 3.05) is 19.7 Å². The Morgan fingerprint density at radius 3 is 2.86 bits per heavy atom. The molecule has 1 aliphatic rings. The van der Waals surface area contributed by atoms with Gasteiger partial charge < -0.3 is 10.1 Å². The number of alkyl halides is 3. The van der Waals surface area contributed by atoms with Gasteiger partial charge in [-0.3, -0.25) is 19.6 Å². The second-order valence-corrected chi connectivity index (χ2v) is 6.61. The molecule has 1 fully saturated rings. The van der Waals surface area contributed by atoms with E-state index >= 15 is 0 Å². The molecule has 158 valence electrons. The fourth-order valence-corrected chi connectivity index (χ4v) is 3.29. The second kappa shape index (κ2) is 8.23. The van der Waals surface area contributed by atoms with Crippen molar-refractivity contribution in [1.82, 2.24) is 24.8 Å². The van der Waals surface area contributed by atoms with Crippen molar-refractivity contribution in [3.05, 3.63) is 33.9 Å². The summed E-state index contributed by atoms with van der Waals surface area (Å²) in [5.41, 5.74) is 0.0170. The first-order valence-electron chi connectivity index (χ1n) is 9.05. The molecule has 2 N–H and O–H groups in total.